The Balaban J connectivity index is 1.93. The van der Waals surface area contributed by atoms with Crippen LogP contribution in [-0.4, -0.2) is 11.3 Å². The van der Waals surface area contributed by atoms with Gasteiger partial charge in [-0.3, -0.25) is 4.79 Å². The molecule has 0 radical (unpaired) electrons. The molecule has 0 spiro atoms. The van der Waals surface area contributed by atoms with Gasteiger partial charge >= 0.3 is 0 Å². The number of Topliss-reactive ketones (excluding diaryl/α,β-unsaturated/α-hetero) is 1. The van der Waals surface area contributed by atoms with E-state index in [2.05, 4.69) is 6.92 Å². The number of nitrogens with two attached hydrogens (primary N) is 1. The molecule has 0 aromatic rings. The van der Waals surface area contributed by atoms with Crippen LogP contribution in [0, 0.1) is 0 Å². The lowest BCUT2D eigenvalue weighted by Gasteiger charge is -2.22. The summed E-state index contributed by atoms with van der Waals surface area (Å²) in [6.45, 7) is 2.25. The van der Waals surface area contributed by atoms with E-state index in [1.165, 1.54) is 57.8 Å². The molecule has 0 bridgehead atoms. The SMILES string of the molecule is CCCCCCCCCCC(=O)CC1(N)CCCC1. The van der Waals surface area contributed by atoms with E-state index in [4.69, 9.17) is 5.73 Å². The Kier molecular flexibility index (Phi) is 8.36. The Labute approximate surface area is 119 Å². The number of unbranched alkanes of at least 4 members (excludes halogenated alkanes) is 7. The van der Waals surface area contributed by atoms with Crippen LogP contribution in [0.15, 0.2) is 0 Å². The fourth-order valence-electron chi connectivity index (χ4n) is 3.19. The minimum absolute atomic E-state index is 0.142. The Bertz CT molecular complexity index is 244. The molecule has 1 fully saturated rings. The van der Waals surface area contributed by atoms with Gasteiger partial charge in [0.05, 0.1) is 0 Å². The maximum Gasteiger partial charge on any atom is 0.134 e. The van der Waals surface area contributed by atoms with Crippen LogP contribution in [0.3, 0.4) is 0 Å². The summed E-state index contributed by atoms with van der Waals surface area (Å²) in [5.41, 5.74) is 6.10. The highest BCUT2D eigenvalue weighted by Gasteiger charge is 2.31. The number of hydrogen-bond donors (Lipinski definition) is 1. The molecule has 0 unspecified atom stereocenters. The van der Waals surface area contributed by atoms with Gasteiger partial charge in [0.25, 0.3) is 0 Å². The van der Waals surface area contributed by atoms with E-state index in [9.17, 15) is 4.79 Å². The summed E-state index contributed by atoms with van der Waals surface area (Å²) in [6.07, 6.45) is 16.3. The molecule has 112 valence electrons. The molecule has 2 nitrogen and oxygen atoms in total. The molecule has 0 aromatic heterocycles. The van der Waals surface area contributed by atoms with Crippen molar-refractivity contribution in [1.29, 1.82) is 0 Å². The Hall–Kier alpha value is -0.370. The van der Waals surface area contributed by atoms with Crippen molar-refractivity contribution < 1.29 is 4.79 Å². The molecule has 1 rings (SSSR count). The summed E-state index contributed by atoms with van der Waals surface area (Å²) >= 11 is 0. The van der Waals surface area contributed by atoms with Crippen LogP contribution in [0.4, 0.5) is 0 Å². The van der Waals surface area contributed by atoms with E-state index in [0.717, 1.165) is 25.7 Å². The highest BCUT2D eigenvalue weighted by Crippen LogP contribution is 2.30. The monoisotopic (exact) mass is 267 g/mol. The highest BCUT2D eigenvalue weighted by atomic mass is 16.1. The van der Waals surface area contributed by atoms with E-state index in [1.54, 1.807) is 0 Å². The molecule has 0 aromatic carbocycles. The van der Waals surface area contributed by atoms with E-state index in [-0.39, 0.29) is 5.54 Å². The highest BCUT2D eigenvalue weighted by molar-refractivity contribution is 5.79. The van der Waals surface area contributed by atoms with Crippen LogP contribution in [0.2, 0.25) is 0 Å². The van der Waals surface area contributed by atoms with Gasteiger partial charge in [-0.25, -0.2) is 0 Å². The van der Waals surface area contributed by atoms with Crippen LogP contribution >= 0.6 is 0 Å². The van der Waals surface area contributed by atoms with Crippen molar-refractivity contribution >= 4 is 5.78 Å². The lowest BCUT2D eigenvalue weighted by Crippen LogP contribution is -2.38. The fraction of sp³-hybridized carbons (Fsp3) is 0.941. The molecule has 0 amide bonds. The molecular weight excluding hydrogens is 234 g/mol. The first-order chi connectivity index (χ1) is 9.16. The van der Waals surface area contributed by atoms with Gasteiger partial charge < -0.3 is 5.73 Å². The Morgan fingerprint density at radius 2 is 1.47 bits per heavy atom. The summed E-state index contributed by atoms with van der Waals surface area (Å²) < 4.78 is 0. The molecule has 0 atom stereocenters. The zero-order valence-corrected chi connectivity index (χ0v) is 12.9. The van der Waals surface area contributed by atoms with E-state index < -0.39 is 0 Å². The first kappa shape index (κ1) is 16.7. The van der Waals surface area contributed by atoms with Gasteiger partial charge in [-0.05, 0) is 19.3 Å². The topological polar surface area (TPSA) is 43.1 Å². The number of carbonyl (C=O) groups excluding carboxylic acids is 1. The standard InChI is InChI=1S/C17H33NO/c1-2-3-4-5-6-7-8-9-12-16(19)15-17(18)13-10-11-14-17/h2-15,18H2,1H3. The zero-order valence-electron chi connectivity index (χ0n) is 12.9. The van der Waals surface area contributed by atoms with Crippen LogP contribution in [0.5, 0.6) is 0 Å². The summed E-state index contributed by atoms with van der Waals surface area (Å²) in [5, 5.41) is 0. The molecule has 1 aliphatic rings. The van der Waals surface area contributed by atoms with Gasteiger partial charge in [0.1, 0.15) is 5.78 Å². The average Bonchev–Trinajstić information content (AvgIpc) is 2.79. The van der Waals surface area contributed by atoms with Gasteiger partial charge in [-0.1, -0.05) is 64.7 Å². The van der Waals surface area contributed by atoms with Crippen LogP contribution in [0.25, 0.3) is 0 Å². The molecule has 0 saturated heterocycles. The molecular formula is C17H33NO. The number of rotatable bonds is 11. The van der Waals surface area contributed by atoms with Crippen molar-refractivity contribution in [2.24, 2.45) is 5.73 Å². The molecule has 1 aliphatic carbocycles. The van der Waals surface area contributed by atoms with Crippen molar-refractivity contribution in [3.63, 3.8) is 0 Å². The first-order valence-electron chi connectivity index (χ1n) is 8.47. The molecule has 1 saturated carbocycles. The van der Waals surface area contributed by atoms with Crippen molar-refractivity contribution in [3.05, 3.63) is 0 Å². The zero-order chi connectivity index (χ0) is 14.0. The van der Waals surface area contributed by atoms with Crippen molar-refractivity contribution in [2.45, 2.75) is 102 Å². The maximum atomic E-state index is 11.9. The molecule has 0 heterocycles. The third-order valence-corrected chi connectivity index (χ3v) is 4.46. The number of hydrogen-bond acceptors (Lipinski definition) is 2. The van der Waals surface area contributed by atoms with Crippen molar-refractivity contribution in [3.8, 4) is 0 Å². The number of carbonyl (C=O) groups is 1. The average molecular weight is 267 g/mol. The quantitative estimate of drug-likeness (QED) is 0.549. The molecule has 0 aliphatic heterocycles. The van der Waals surface area contributed by atoms with Crippen LogP contribution < -0.4 is 5.73 Å². The van der Waals surface area contributed by atoms with Gasteiger partial charge in [-0.15, -0.1) is 0 Å². The van der Waals surface area contributed by atoms with Gasteiger partial charge in [0.2, 0.25) is 0 Å². The predicted octanol–water partition coefficient (Wildman–Crippen LogP) is 4.75. The fourth-order valence-corrected chi connectivity index (χ4v) is 3.19. The van der Waals surface area contributed by atoms with E-state index >= 15 is 0 Å². The third-order valence-electron chi connectivity index (χ3n) is 4.46. The van der Waals surface area contributed by atoms with Crippen molar-refractivity contribution in [2.75, 3.05) is 0 Å². The number of ketones is 1. The summed E-state index contributed by atoms with van der Waals surface area (Å²) in [6, 6.07) is 0. The third kappa shape index (κ3) is 7.71. The molecule has 2 N–H and O–H groups in total. The van der Waals surface area contributed by atoms with Gasteiger partial charge in [0.15, 0.2) is 0 Å². The summed E-state index contributed by atoms with van der Waals surface area (Å²) in [4.78, 5) is 11.9. The minimum Gasteiger partial charge on any atom is -0.325 e. The van der Waals surface area contributed by atoms with Crippen molar-refractivity contribution in [1.82, 2.24) is 0 Å². The predicted molar refractivity (Wildman–Crippen MR) is 82.2 cm³/mol. The summed E-state index contributed by atoms with van der Waals surface area (Å²) in [5.74, 6) is 0.399. The second-order valence-corrected chi connectivity index (χ2v) is 6.51. The minimum atomic E-state index is -0.142. The van der Waals surface area contributed by atoms with Gasteiger partial charge in [0, 0.05) is 18.4 Å². The Morgan fingerprint density at radius 3 is 2.05 bits per heavy atom. The smallest absolute Gasteiger partial charge is 0.134 e. The molecule has 2 heteroatoms. The Morgan fingerprint density at radius 1 is 0.947 bits per heavy atom. The largest absolute Gasteiger partial charge is 0.325 e. The molecule has 19 heavy (non-hydrogen) atoms. The lowest BCUT2D eigenvalue weighted by molar-refractivity contribution is -0.120. The maximum absolute atomic E-state index is 11.9. The second-order valence-electron chi connectivity index (χ2n) is 6.51. The first-order valence-corrected chi connectivity index (χ1v) is 8.47. The van der Waals surface area contributed by atoms with E-state index in [1.807, 2.05) is 0 Å². The second kappa shape index (κ2) is 9.52. The van der Waals surface area contributed by atoms with Crippen LogP contribution in [0.1, 0.15) is 96.8 Å². The lowest BCUT2D eigenvalue weighted by atomic mass is 9.90. The summed E-state index contributed by atoms with van der Waals surface area (Å²) in [7, 11) is 0. The van der Waals surface area contributed by atoms with Crippen LogP contribution in [-0.2, 0) is 4.79 Å². The normalized spacial score (nSPS) is 17.8. The van der Waals surface area contributed by atoms with Gasteiger partial charge in [-0.2, -0.15) is 0 Å². The van der Waals surface area contributed by atoms with E-state index in [0.29, 0.717) is 12.2 Å².